The van der Waals surface area contributed by atoms with Crippen molar-refractivity contribution < 1.29 is 0 Å². The molecule has 0 N–H and O–H groups in total. The first kappa shape index (κ1) is 9.63. The first-order chi connectivity index (χ1) is 4.72. The molecule has 0 radical (unpaired) electrons. The molecule has 0 aliphatic heterocycles. The van der Waals surface area contributed by atoms with E-state index < -0.39 is 0 Å². The highest BCUT2D eigenvalue weighted by Gasteiger charge is 2.02. The molecule has 0 saturated carbocycles. The summed E-state index contributed by atoms with van der Waals surface area (Å²) in [5, 5.41) is 0. The van der Waals surface area contributed by atoms with Crippen molar-refractivity contribution in [3.05, 3.63) is 0 Å². The smallest absolute Gasteiger partial charge is 0.0332 e. The van der Waals surface area contributed by atoms with Crippen LogP contribution in [-0.4, -0.2) is 37.8 Å². The summed E-state index contributed by atoms with van der Waals surface area (Å²) in [4.78, 5) is 6.21. The predicted molar refractivity (Wildman–Crippen MR) is 46.8 cm³/mol. The lowest BCUT2D eigenvalue weighted by atomic mass is 10.2. The Balaban J connectivity index is 3.50. The van der Waals surface area contributed by atoms with E-state index in [0.29, 0.717) is 6.04 Å². The maximum atomic E-state index is 3.93. The summed E-state index contributed by atoms with van der Waals surface area (Å²) in [7, 11) is 3.93. The van der Waals surface area contributed by atoms with Crippen LogP contribution in [-0.2, 0) is 0 Å². The molecule has 0 saturated heterocycles. The van der Waals surface area contributed by atoms with Crippen molar-refractivity contribution >= 4 is 6.21 Å². The fourth-order valence-electron chi connectivity index (χ4n) is 0.702. The molecule has 0 spiro atoms. The SMILES string of the molecule is CCC(C)N(C)CC=NC. The Kier molecular flexibility index (Phi) is 5.22. The standard InChI is InChI=1S/C8H18N2/c1-5-8(2)10(4)7-6-9-3/h6,8H,5,7H2,1-4H3. The van der Waals surface area contributed by atoms with Crippen LogP contribution in [0.4, 0.5) is 0 Å². The Labute approximate surface area is 63.9 Å². The minimum Gasteiger partial charge on any atom is -0.300 e. The molecule has 60 valence electrons. The highest BCUT2D eigenvalue weighted by atomic mass is 15.1. The van der Waals surface area contributed by atoms with Gasteiger partial charge in [-0.2, -0.15) is 0 Å². The second-order valence-corrected chi connectivity index (χ2v) is 2.64. The van der Waals surface area contributed by atoms with Gasteiger partial charge in [0, 0.05) is 25.8 Å². The molecule has 0 amide bonds. The van der Waals surface area contributed by atoms with E-state index in [-0.39, 0.29) is 0 Å². The molecule has 2 nitrogen and oxygen atoms in total. The van der Waals surface area contributed by atoms with Crippen LogP contribution < -0.4 is 0 Å². The minimum absolute atomic E-state index is 0.665. The zero-order valence-corrected chi connectivity index (χ0v) is 7.46. The summed E-state index contributed by atoms with van der Waals surface area (Å²) in [6.45, 7) is 5.39. The van der Waals surface area contributed by atoms with Crippen molar-refractivity contribution in [1.29, 1.82) is 0 Å². The van der Waals surface area contributed by atoms with Crippen molar-refractivity contribution in [2.24, 2.45) is 4.99 Å². The van der Waals surface area contributed by atoms with E-state index in [4.69, 9.17) is 0 Å². The van der Waals surface area contributed by atoms with Crippen LogP contribution in [0.15, 0.2) is 4.99 Å². The summed E-state index contributed by atoms with van der Waals surface area (Å²) in [6, 6.07) is 0.665. The molecule has 0 fully saturated rings. The Hall–Kier alpha value is -0.370. The van der Waals surface area contributed by atoms with Crippen LogP contribution in [0.2, 0.25) is 0 Å². The number of rotatable bonds is 4. The van der Waals surface area contributed by atoms with E-state index >= 15 is 0 Å². The predicted octanol–water partition coefficient (Wildman–Crippen LogP) is 1.42. The normalized spacial score (nSPS) is 14.9. The first-order valence-corrected chi connectivity index (χ1v) is 3.83. The molecule has 1 atom stereocenters. The number of hydrogen-bond acceptors (Lipinski definition) is 2. The van der Waals surface area contributed by atoms with Gasteiger partial charge >= 0.3 is 0 Å². The van der Waals surface area contributed by atoms with Gasteiger partial charge in [0.05, 0.1) is 0 Å². The third-order valence-corrected chi connectivity index (χ3v) is 1.90. The van der Waals surface area contributed by atoms with Crippen LogP contribution in [0.25, 0.3) is 0 Å². The summed E-state index contributed by atoms with van der Waals surface area (Å²) < 4.78 is 0. The summed E-state index contributed by atoms with van der Waals surface area (Å²) in [5.41, 5.74) is 0. The Morgan fingerprint density at radius 1 is 1.60 bits per heavy atom. The molecule has 0 aliphatic rings. The first-order valence-electron chi connectivity index (χ1n) is 3.83. The third kappa shape index (κ3) is 3.62. The zero-order chi connectivity index (χ0) is 7.98. The van der Waals surface area contributed by atoms with E-state index in [2.05, 4.69) is 30.8 Å². The molecule has 0 rings (SSSR count). The van der Waals surface area contributed by atoms with Gasteiger partial charge in [-0.3, -0.25) is 9.89 Å². The van der Waals surface area contributed by atoms with Gasteiger partial charge in [0.2, 0.25) is 0 Å². The molecule has 0 aromatic carbocycles. The topological polar surface area (TPSA) is 15.6 Å². The summed E-state index contributed by atoms with van der Waals surface area (Å²) >= 11 is 0. The fourth-order valence-corrected chi connectivity index (χ4v) is 0.702. The Morgan fingerprint density at radius 2 is 2.20 bits per heavy atom. The van der Waals surface area contributed by atoms with Gasteiger partial charge in [0.25, 0.3) is 0 Å². The van der Waals surface area contributed by atoms with Gasteiger partial charge < -0.3 is 0 Å². The van der Waals surface area contributed by atoms with Crippen molar-refractivity contribution in [1.82, 2.24) is 4.90 Å². The number of hydrogen-bond donors (Lipinski definition) is 0. The maximum absolute atomic E-state index is 3.93. The van der Waals surface area contributed by atoms with Crippen molar-refractivity contribution in [2.45, 2.75) is 26.3 Å². The summed E-state index contributed by atoms with van der Waals surface area (Å²) in [6.07, 6.45) is 3.14. The quantitative estimate of drug-likeness (QED) is 0.542. The van der Waals surface area contributed by atoms with E-state index in [1.54, 1.807) is 0 Å². The third-order valence-electron chi connectivity index (χ3n) is 1.90. The van der Waals surface area contributed by atoms with Crippen LogP contribution in [0.3, 0.4) is 0 Å². The van der Waals surface area contributed by atoms with Crippen molar-refractivity contribution in [3.8, 4) is 0 Å². The molecule has 0 aromatic heterocycles. The van der Waals surface area contributed by atoms with Gasteiger partial charge in [-0.25, -0.2) is 0 Å². The molecule has 0 aliphatic carbocycles. The Morgan fingerprint density at radius 3 is 2.60 bits per heavy atom. The molecular formula is C8H18N2. The molecule has 0 bridgehead atoms. The lowest BCUT2D eigenvalue weighted by Gasteiger charge is -2.20. The number of aliphatic imine (C=N–C) groups is 1. The minimum atomic E-state index is 0.665. The monoisotopic (exact) mass is 142 g/mol. The zero-order valence-electron chi connectivity index (χ0n) is 7.46. The van der Waals surface area contributed by atoms with Gasteiger partial charge in [0.1, 0.15) is 0 Å². The highest BCUT2D eigenvalue weighted by Crippen LogP contribution is 1.97. The van der Waals surface area contributed by atoms with Crippen LogP contribution >= 0.6 is 0 Å². The van der Waals surface area contributed by atoms with E-state index in [0.717, 1.165) is 6.54 Å². The highest BCUT2D eigenvalue weighted by molar-refractivity contribution is 5.59. The second kappa shape index (κ2) is 5.42. The van der Waals surface area contributed by atoms with Gasteiger partial charge in [-0.05, 0) is 20.4 Å². The molecule has 0 heterocycles. The average Bonchev–Trinajstić information content (AvgIpc) is 1.98. The molecule has 0 aromatic rings. The van der Waals surface area contributed by atoms with E-state index in [1.807, 2.05) is 13.3 Å². The second-order valence-electron chi connectivity index (χ2n) is 2.64. The van der Waals surface area contributed by atoms with Crippen molar-refractivity contribution in [3.63, 3.8) is 0 Å². The lowest BCUT2D eigenvalue weighted by molar-refractivity contribution is 0.288. The largest absolute Gasteiger partial charge is 0.300 e. The van der Waals surface area contributed by atoms with Gasteiger partial charge in [0.15, 0.2) is 0 Å². The van der Waals surface area contributed by atoms with Crippen molar-refractivity contribution in [2.75, 3.05) is 20.6 Å². The number of nitrogens with zero attached hydrogens (tertiary/aromatic N) is 2. The molecule has 1 unspecified atom stereocenters. The van der Waals surface area contributed by atoms with Gasteiger partial charge in [-0.15, -0.1) is 0 Å². The van der Waals surface area contributed by atoms with E-state index in [1.165, 1.54) is 6.42 Å². The molecule has 10 heavy (non-hydrogen) atoms. The van der Waals surface area contributed by atoms with E-state index in [9.17, 15) is 0 Å². The summed E-state index contributed by atoms with van der Waals surface area (Å²) in [5.74, 6) is 0. The molecule has 2 heteroatoms. The maximum Gasteiger partial charge on any atom is 0.0332 e. The molecular weight excluding hydrogens is 124 g/mol. The van der Waals surface area contributed by atoms with Crippen LogP contribution in [0.5, 0.6) is 0 Å². The Bertz CT molecular complexity index is 99.4. The van der Waals surface area contributed by atoms with Gasteiger partial charge in [-0.1, -0.05) is 6.92 Å². The fraction of sp³-hybridized carbons (Fsp3) is 0.875. The average molecular weight is 142 g/mol. The lowest BCUT2D eigenvalue weighted by Crippen LogP contribution is -2.29. The van der Waals surface area contributed by atoms with Crippen LogP contribution in [0, 0.1) is 0 Å². The van der Waals surface area contributed by atoms with Crippen LogP contribution in [0.1, 0.15) is 20.3 Å².